The van der Waals surface area contributed by atoms with Crippen LogP contribution in [0.1, 0.15) is 0 Å². The van der Waals surface area contributed by atoms with Crippen molar-refractivity contribution in [3.63, 3.8) is 0 Å². The Morgan fingerprint density at radius 1 is 1.00 bits per heavy atom. The van der Waals surface area contributed by atoms with E-state index in [0.717, 1.165) is 0 Å². The van der Waals surface area contributed by atoms with Gasteiger partial charge in [0, 0.05) is 86.7 Å². The molecule has 0 aliphatic rings. The fraction of sp³-hybridized carbons (Fsp3) is 0. The summed E-state index contributed by atoms with van der Waals surface area (Å²) in [5, 5.41) is 0. The summed E-state index contributed by atoms with van der Waals surface area (Å²) >= 11 is 0. The first kappa shape index (κ1) is 49.2. The Morgan fingerprint density at radius 3 is 1.00 bits per heavy atom. The van der Waals surface area contributed by atoms with Gasteiger partial charge in [-0.15, -0.1) is 0 Å². The van der Waals surface area contributed by atoms with Crippen molar-refractivity contribution < 1.29 is 69.3 Å². The summed E-state index contributed by atoms with van der Waals surface area (Å²) in [6.45, 7) is 0. The summed E-state index contributed by atoms with van der Waals surface area (Å²) in [5.74, 6) is 0. The van der Waals surface area contributed by atoms with E-state index in [2.05, 4.69) is 0 Å². The molecule has 5 heavy (non-hydrogen) atoms. The first-order valence-electron chi connectivity index (χ1n) is 0. The summed E-state index contributed by atoms with van der Waals surface area (Å²) < 4.78 is 0. The van der Waals surface area contributed by atoms with E-state index < -0.39 is 0 Å². The Bertz CT molecular complexity index is 11.6. The van der Waals surface area contributed by atoms with E-state index in [1.165, 1.54) is 0 Å². The van der Waals surface area contributed by atoms with Gasteiger partial charge < -0.3 is 0 Å². The van der Waals surface area contributed by atoms with Gasteiger partial charge in [0.05, 0.1) is 0 Å². The summed E-state index contributed by atoms with van der Waals surface area (Å²) in [4.78, 5) is 0. The molecule has 0 aliphatic heterocycles. The monoisotopic (exact) mass is 373 g/mol. The molecule has 0 aromatic heterocycles. The van der Waals surface area contributed by atoms with Gasteiger partial charge in [0.1, 0.15) is 0 Å². The molecular formula is AlMoOTiW. The molecule has 25 valence electrons. The van der Waals surface area contributed by atoms with Crippen LogP contribution >= 0.6 is 0 Å². The van der Waals surface area contributed by atoms with Crippen LogP contribution in [0.2, 0.25) is 0 Å². The van der Waals surface area contributed by atoms with E-state index in [4.69, 9.17) is 0 Å². The quantitative estimate of drug-likeness (QED) is 0.514. The van der Waals surface area contributed by atoms with Gasteiger partial charge in [-0.3, -0.25) is 0 Å². The van der Waals surface area contributed by atoms with Crippen molar-refractivity contribution in [1.29, 1.82) is 0 Å². The van der Waals surface area contributed by atoms with Gasteiger partial charge in [-0.1, -0.05) is 0 Å². The normalized spacial score (nSPS) is 0. The van der Waals surface area contributed by atoms with Crippen molar-refractivity contribution in [2.24, 2.45) is 0 Å². The van der Waals surface area contributed by atoms with Crippen LogP contribution in [0.4, 0.5) is 0 Å². The van der Waals surface area contributed by atoms with Gasteiger partial charge in [0.25, 0.3) is 0 Å². The maximum atomic E-state index is 0. The van der Waals surface area contributed by atoms with E-state index >= 15 is 0 Å². The zero-order valence-corrected chi connectivity index (χ0v) is 9.96. The molecule has 0 rings (SSSR count). The third kappa shape index (κ3) is 20.7. The molecule has 0 bridgehead atoms. The molecule has 0 saturated heterocycles. The smallest absolute Gasteiger partial charge is 0 e. The van der Waals surface area contributed by atoms with Crippen LogP contribution in [-0.4, -0.2) is 17.4 Å². The molecular weight excluding hydrogens is 371 g/mol. The van der Waals surface area contributed by atoms with Gasteiger partial charge >= 0.3 is 0 Å². The average molecular weight is 371 g/mol. The zero-order chi connectivity index (χ0) is 0. The van der Waals surface area contributed by atoms with Crippen LogP contribution in [0.3, 0.4) is 0 Å². The molecule has 1 nitrogen and oxygen atoms in total. The molecule has 5 heteroatoms. The fourth-order valence-electron chi connectivity index (χ4n) is 0. The largest absolute Gasteiger partial charge is 0 e. The van der Waals surface area contributed by atoms with Crippen LogP contribution in [-0.2, 0) is 69.3 Å². The molecule has 0 heterocycles. The molecule has 0 atom stereocenters. The minimum absolute atomic E-state index is 0. The second-order valence-corrected chi connectivity index (χ2v) is 0. The van der Waals surface area contributed by atoms with Gasteiger partial charge in [-0.2, -0.15) is 0 Å². The standard InChI is InChI=1S/Al.Mo.O.Ti.W. The maximum absolute atomic E-state index is 0. The fourth-order valence-corrected chi connectivity index (χ4v) is 0. The second-order valence-electron chi connectivity index (χ2n) is 0. The summed E-state index contributed by atoms with van der Waals surface area (Å²) in [6.07, 6.45) is 0. The topological polar surface area (TPSA) is 28.5 Å². The van der Waals surface area contributed by atoms with E-state index in [9.17, 15) is 0 Å². The Hall–Kier alpha value is 2.58. The molecule has 0 spiro atoms. The van der Waals surface area contributed by atoms with Crippen LogP contribution in [0.5, 0.6) is 0 Å². The molecule has 0 amide bonds. The number of rotatable bonds is 0. The van der Waals surface area contributed by atoms with E-state index in [0.29, 0.717) is 0 Å². The molecule has 0 fully saturated rings. The Labute approximate surface area is 85.5 Å². The van der Waals surface area contributed by atoms with E-state index in [1.54, 1.807) is 0 Å². The first-order valence-corrected chi connectivity index (χ1v) is 0. The summed E-state index contributed by atoms with van der Waals surface area (Å²) in [6, 6.07) is 0. The van der Waals surface area contributed by atoms with Gasteiger partial charge in [-0.25, -0.2) is 0 Å². The Kier molecular flexibility index (Phi) is 303. The summed E-state index contributed by atoms with van der Waals surface area (Å²) in [7, 11) is 0. The average Bonchev–Trinajstić information content (AvgIpc) is 0. The maximum Gasteiger partial charge on any atom is 0 e. The van der Waals surface area contributed by atoms with Crippen LogP contribution in [0.15, 0.2) is 0 Å². The van der Waals surface area contributed by atoms with Crippen molar-refractivity contribution in [2.75, 3.05) is 0 Å². The third-order valence-corrected chi connectivity index (χ3v) is 0. The minimum Gasteiger partial charge on any atom is 0 e. The van der Waals surface area contributed by atoms with E-state index in [-0.39, 0.29) is 86.7 Å². The molecule has 5 radical (unpaired) electrons. The molecule has 0 unspecified atom stereocenters. The SMILES string of the molecule is [Al].[Mo].[O].[Ti].[W]. The molecule has 0 aromatic rings. The predicted molar refractivity (Wildman–Crippen MR) is 6.44 cm³/mol. The van der Waals surface area contributed by atoms with Crippen molar-refractivity contribution in [1.82, 2.24) is 0 Å². The number of hydrogen-bond donors (Lipinski definition) is 0. The third-order valence-electron chi connectivity index (χ3n) is 0. The van der Waals surface area contributed by atoms with Crippen LogP contribution < -0.4 is 0 Å². The second kappa shape index (κ2) is 30.8. The zero-order valence-electron chi connectivity index (χ0n) is 2.30. The molecule has 0 aliphatic carbocycles. The molecule has 0 saturated carbocycles. The van der Waals surface area contributed by atoms with Gasteiger partial charge in [-0.05, 0) is 0 Å². The van der Waals surface area contributed by atoms with Crippen molar-refractivity contribution in [3.05, 3.63) is 0 Å². The Balaban J connectivity index is 0. The van der Waals surface area contributed by atoms with Crippen LogP contribution in [0, 0.1) is 0 Å². The van der Waals surface area contributed by atoms with Crippen molar-refractivity contribution in [3.8, 4) is 0 Å². The minimum atomic E-state index is 0. The molecule has 0 N–H and O–H groups in total. The van der Waals surface area contributed by atoms with E-state index in [1.807, 2.05) is 0 Å². The Morgan fingerprint density at radius 2 is 1.00 bits per heavy atom. The molecule has 0 aromatic carbocycles. The van der Waals surface area contributed by atoms with Crippen molar-refractivity contribution >= 4 is 17.4 Å². The van der Waals surface area contributed by atoms with Crippen LogP contribution in [0.25, 0.3) is 0 Å². The van der Waals surface area contributed by atoms with Gasteiger partial charge in [0.2, 0.25) is 0 Å². The van der Waals surface area contributed by atoms with Crippen molar-refractivity contribution in [2.45, 2.75) is 0 Å². The summed E-state index contributed by atoms with van der Waals surface area (Å²) in [5.41, 5.74) is 0. The number of hydrogen-bond acceptors (Lipinski definition) is 0. The first-order chi connectivity index (χ1) is 0. The predicted octanol–water partition coefficient (Wildman–Crippen LogP) is -0.507. The van der Waals surface area contributed by atoms with Gasteiger partial charge in [0.15, 0.2) is 0 Å².